The number of likely N-dealkylation sites (N-methyl/N-ethyl adjacent to an activating group) is 1. The molecule has 0 unspecified atom stereocenters. The molecular formula is C24H29Cl2N3O3. The van der Waals surface area contributed by atoms with E-state index in [4.69, 9.17) is 32.7 Å². The lowest BCUT2D eigenvalue weighted by atomic mass is 9.65. The number of rotatable bonds is 5. The number of amides is 2. The smallest absolute Gasteiger partial charge is 0.319 e. The molecule has 2 aliphatic rings. The van der Waals surface area contributed by atoms with Crippen LogP contribution in [0.25, 0.3) is 0 Å². The van der Waals surface area contributed by atoms with Gasteiger partial charge in [-0.15, -0.1) is 0 Å². The van der Waals surface area contributed by atoms with Gasteiger partial charge in [0.1, 0.15) is 0 Å². The molecule has 2 aromatic rings. The van der Waals surface area contributed by atoms with Crippen molar-refractivity contribution in [2.75, 3.05) is 33.1 Å². The van der Waals surface area contributed by atoms with Gasteiger partial charge in [0.15, 0.2) is 11.5 Å². The summed E-state index contributed by atoms with van der Waals surface area (Å²) in [6.45, 7) is 1.02. The van der Waals surface area contributed by atoms with Gasteiger partial charge >= 0.3 is 6.03 Å². The molecule has 1 heterocycles. The molecule has 0 bridgehead atoms. The molecule has 8 heteroatoms. The number of likely N-dealkylation sites (tertiary alicyclic amines) is 1. The molecule has 0 aromatic heterocycles. The number of ether oxygens (including phenoxy) is 2. The van der Waals surface area contributed by atoms with E-state index in [1.54, 1.807) is 32.4 Å². The number of benzene rings is 2. The van der Waals surface area contributed by atoms with Crippen LogP contribution in [0.1, 0.15) is 31.2 Å². The molecule has 4 rings (SSSR count). The second-order valence-electron chi connectivity index (χ2n) is 8.67. The fourth-order valence-corrected chi connectivity index (χ4v) is 5.67. The number of methoxy groups -OCH3 is 2. The van der Waals surface area contributed by atoms with Crippen molar-refractivity contribution in [2.24, 2.45) is 0 Å². The number of hydrogen-bond acceptors (Lipinski definition) is 4. The first-order valence-electron chi connectivity index (χ1n) is 10.8. The third-order valence-electron chi connectivity index (χ3n) is 7.00. The Kier molecular flexibility index (Phi) is 6.75. The normalized spacial score (nSPS) is 25.2. The average molecular weight is 478 g/mol. The van der Waals surface area contributed by atoms with Crippen LogP contribution in [0.4, 0.5) is 10.5 Å². The van der Waals surface area contributed by atoms with Crippen molar-refractivity contribution in [3.05, 3.63) is 52.0 Å². The summed E-state index contributed by atoms with van der Waals surface area (Å²) in [5.41, 5.74) is 1.82. The van der Waals surface area contributed by atoms with E-state index < -0.39 is 0 Å². The Hall–Kier alpha value is -2.15. The molecule has 6 nitrogen and oxygen atoms in total. The van der Waals surface area contributed by atoms with Crippen LogP contribution in [0.5, 0.6) is 11.5 Å². The molecule has 3 atom stereocenters. The van der Waals surface area contributed by atoms with E-state index in [9.17, 15) is 4.79 Å². The van der Waals surface area contributed by atoms with Gasteiger partial charge in [-0.05, 0) is 75.2 Å². The molecule has 2 aromatic carbocycles. The van der Waals surface area contributed by atoms with Gasteiger partial charge < -0.3 is 25.0 Å². The number of fused-ring (bicyclic) bond motifs is 1. The number of nitrogens with one attached hydrogen (secondary N) is 2. The number of urea groups is 1. The van der Waals surface area contributed by atoms with Crippen molar-refractivity contribution >= 4 is 34.9 Å². The van der Waals surface area contributed by atoms with E-state index in [2.05, 4.69) is 34.7 Å². The number of carbonyl (C=O) groups excluding carboxylic acids is 1. The predicted octanol–water partition coefficient (Wildman–Crippen LogP) is 5.33. The fraction of sp³-hybridized carbons (Fsp3) is 0.458. The lowest BCUT2D eigenvalue weighted by molar-refractivity contribution is 0.156. The summed E-state index contributed by atoms with van der Waals surface area (Å²) in [6, 6.07) is 11.4. The summed E-state index contributed by atoms with van der Waals surface area (Å²) in [5.74, 6) is 1.49. The highest BCUT2D eigenvalue weighted by atomic mass is 35.5. The van der Waals surface area contributed by atoms with Crippen LogP contribution in [-0.4, -0.2) is 50.8 Å². The zero-order valence-corrected chi connectivity index (χ0v) is 20.1. The van der Waals surface area contributed by atoms with Gasteiger partial charge in [-0.25, -0.2) is 4.79 Å². The third kappa shape index (κ3) is 4.36. The van der Waals surface area contributed by atoms with Crippen LogP contribution in [-0.2, 0) is 5.41 Å². The highest BCUT2D eigenvalue weighted by Gasteiger charge is 2.50. The number of anilines is 1. The highest BCUT2D eigenvalue weighted by molar-refractivity contribution is 6.35. The minimum absolute atomic E-state index is 0.0409. The van der Waals surface area contributed by atoms with E-state index in [1.807, 2.05) is 6.07 Å². The van der Waals surface area contributed by atoms with Gasteiger partial charge in [-0.2, -0.15) is 0 Å². The minimum atomic E-state index is -0.265. The molecule has 32 heavy (non-hydrogen) atoms. The third-order valence-corrected chi connectivity index (χ3v) is 7.56. The fourth-order valence-electron chi connectivity index (χ4n) is 5.33. The second kappa shape index (κ2) is 9.38. The van der Waals surface area contributed by atoms with Crippen molar-refractivity contribution in [3.8, 4) is 11.5 Å². The molecule has 2 amide bonds. The van der Waals surface area contributed by atoms with Crippen LogP contribution in [0, 0.1) is 0 Å². The first-order chi connectivity index (χ1) is 15.4. The van der Waals surface area contributed by atoms with Crippen molar-refractivity contribution in [2.45, 2.75) is 43.2 Å². The summed E-state index contributed by atoms with van der Waals surface area (Å²) in [7, 11) is 5.49. The van der Waals surface area contributed by atoms with Crippen LogP contribution in [0.2, 0.25) is 10.0 Å². The van der Waals surface area contributed by atoms with Crippen molar-refractivity contribution in [1.29, 1.82) is 0 Å². The molecular weight excluding hydrogens is 449 g/mol. The summed E-state index contributed by atoms with van der Waals surface area (Å²) in [6.07, 6.45) is 3.85. The van der Waals surface area contributed by atoms with Crippen molar-refractivity contribution in [3.63, 3.8) is 0 Å². The average Bonchev–Trinajstić information content (AvgIpc) is 3.13. The summed E-state index contributed by atoms with van der Waals surface area (Å²) < 4.78 is 11.0. The minimum Gasteiger partial charge on any atom is -0.493 e. The van der Waals surface area contributed by atoms with Gasteiger partial charge in [-0.1, -0.05) is 29.3 Å². The van der Waals surface area contributed by atoms with Gasteiger partial charge in [0.05, 0.1) is 24.9 Å². The van der Waals surface area contributed by atoms with Gasteiger partial charge in [0.25, 0.3) is 0 Å². The SMILES string of the molecule is COc1ccc([C@@]23CC[C@H](NC(=O)Nc4cc(Cl)ccc4Cl)C[C@H]2N(C)CC3)cc1OC. The lowest BCUT2D eigenvalue weighted by Gasteiger charge is -2.45. The standard InChI is InChI=1S/C24H29Cl2N3O3/c1-29-11-10-24(15-4-7-20(31-2)21(12-15)32-3)9-8-17(14-22(24)29)27-23(30)28-19-13-16(25)5-6-18(19)26/h4-7,12-13,17,22H,8-11,14H2,1-3H3,(H2,27,28,30)/t17-,22+,24-/m0/s1. The Morgan fingerprint density at radius 1 is 1.09 bits per heavy atom. The first-order valence-corrected chi connectivity index (χ1v) is 11.6. The maximum atomic E-state index is 12.7. The quantitative estimate of drug-likeness (QED) is 0.610. The maximum Gasteiger partial charge on any atom is 0.319 e. The zero-order valence-electron chi connectivity index (χ0n) is 18.6. The summed E-state index contributed by atoms with van der Waals surface area (Å²) in [4.78, 5) is 15.1. The molecule has 0 spiro atoms. The van der Waals surface area contributed by atoms with Crippen LogP contribution < -0.4 is 20.1 Å². The molecule has 172 valence electrons. The van der Waals surface area contributed by atoms with Crippen LogP contribution in [0.15, 0.2) is 36.4 Å². The van der Waals surface area contributed by atoms with E-state index in [0.29, 0.717) is 21.8 Å². The second-order valence-corrected chi connectivity index (χ2v) is 9.51. The van der Waals surface area contributed by atoms with E-state index >= 15 is 0 Å². The Morgan fingerprint density at radius 3 is 2.62 bits per heavy atom. The Labute approximate surface area is 199 Å². The van der Waals surface area contributed by atoms with Crippen LogP contribution >= 0.6 is 23.2 Å². The number of hydrogen-bond donors (Lipinski definition) is 2. The molecule has 1 saturated carbocycles. The summed E-state index contributed by atoms with van der Waals surface area (Å²) >= 11 is 12.2. The summed E-state index contributed by atoms with van der Waals surface area (Å²) in [5, 5.41) is 6.94. The monoisotopic (exact) mass is 477 g/mol. The van der Waals surface area contributed by atoms with Gasteiger partial charge in [0, 0.05) is 22.5 Å². The van der Waals surface area contributed by atoms with Crippen molar-refractivity contribution in [1.82, 2.24) is 10.2 Å². The number of halogens is 2. The highest BCUT2D eigenvalue weighted by Crippen LogP contribution is 2.49. The van der Waals surface area contributed by atoms with E-state index in [0.717, 1.165) is 43.7 Å². The molecule has 2 N–H and O–H groups in total. The predicted molar refractivity (Wildman–Crippen MR) is 129 cm³/mol. The molecule has 1 saturated heterocycles. The van der Waals surface area contributed by atoms with Gasteiger partial charge in [-0.3, -0.25) is 0 Å². The Bertz CT molecular complexity index is 1000. The largest absolute Gasteiger partial charge is 0.493 e. The van der Waals surface area contributed by atoms with E-state index in [-0.39, 0.29) is 17.5 Å². The van der Waals surface area contributed by atoms with Crippen LogP contribution in [0.3, 0.4) is 0 Å². The molecule has 0 radical (unpaired) electrons. The molecule has 1 aliphatic carbocycles. The Morgan fingerprint density at radius 2 is 1.88 bits per heavy atom. The molecule has 1 aliphatic heterocycles. The Balaban J connectivity index is 1.49. The number of nitrogens with zero attached hydrogens (tertiary/aromatic N) is 1. The van der Waals surface area contributed by atoms with Crippen molar-refractivity contribution < 1.29 is 14.3 Å². The number of carbonyl (C=O) groups is 1. The first kappa shape index (κ1) is 23.0. The topological polar surface area (TPSA) is 62.8 Å². The lowest BCUT2D eigenvalue weighted by Crippen LogP contribution is -2.52. The zero-order chi connectivity index (χ0) is 22.9. The maximum absolute atomic E-state index is 12.7. The molecule has 2 fully saturated rings. The van der Waals surface area contributed by atoms with Gasteiger partial charge in [0.2, 0.25) is 0 Å². The van der Waals surface area contributed by atoms with E-state index in [1.165, 1.54) is 5.56 Å².